The fourth-order valence-corrected chi connectivity index (χ4v) is 4.00. The third-order valence-electron chi connectivity index (χ3n) is 5.49. The number of rotatable bonds is 5. The van der Waals surface area contributed by atoms with Gasteiger partial charge in [0.1, 0.15) is 0 Å². The van der Waals surface area contributed by atoms with E-state index in [1.165, 1.54) is 11.1 Å². The highest BCUT2D eigenvalue weighted by atomic mass is 16.2. The first-order valence-electron chi connectivity index (χ1n) is 9.75. The number of hydrogen-bond acceptors (Lipinski definition) is 4. The standard InChI is InChI=1S/C22H25N5O/c23-15-20-5-1-2-7-21(20)18-8-11-26(12-9-18)22(28)19-6-3-4-17(14-19)16-27-13-10-24-25-27/h1-7,10,13-14,18H,8-9,11-12,15-16,23H2. The summed E-state index contributed by atoms with van der Waals surface area (Å²) >= 11 is 0. The van der Waals surface area contributed by atoms with Crippen LogP contribution in [0.4, 0.5) is 0 Å². The van der Waals surface area contributed by atoms with Crippen LogP contribution in [0.3, 0.4) is 0 Å². The zero-order chi connectivity index (χ0) is 19.3. The predicted molar refractivity (Wildman–Crippen MR) is 108 cm³/mol. The van der Waals surface area contributed by atoms with Crippen molar-refractivity contribution in [1.82, 2.24) is 19.9 Å². The van der Waals surface area contributed by atoms with Gasteiger partial charge in [0.15, 0.2) is 0 Å². The Morgan fingerprint density at radius 2 is 1.93 bits per heavy atom. The van der Waals surface area contributed by atoms with Crippen LogP contribution in [0.15, 0.2) is 60.9 Å². The van der Waals surface area contributed by atoms with Crippen molar-refractivity contribution >= 4 is 5.91 Å². The molecular weight excluding hydrogens is 350 g/mol. The molecule has 1 fully saturated rings. The Hall–Kier alpha value is -2.99. The van der Waals surface area contributed by atoms with E-state index in [4.69, 9.17) is 5.73 Å². The van der Waals surface area contributed by atoms with Crippen molar-refractivity contribution < 1.29 is 4.79 Å². The Morgan fingerprint density at radius 3 is 2.68 bits per heavy atom. The van der Waals surface area contributed by atoms with E-state index >= 15 is 0 Å². The number of piperidine rings is 1. The van der Waals surface area contributed by atoms with Gasteiger partial charge in [0.2, 0.25) is 0 Å². The molecular formula is C22H25N5O. The van der Waals surface area contributed by atoms with E-state index in [1.54, 1.807) is 10.9 Å². The lowest BCUT2D eigenvalue weighted by Gasteiger charge is -2.33. The molecule has 1 amide bonds. The number of likely N-dealkylation sites (tertiary alicyclic amines) is 1. The summed E-state index contributed by atoms with van der Waals surface area (Å²) in [5.41, 5.74) is 10.2. The minimum Gasteiger partial charge on any atom is -0.339 e. The Bertz CT molecular complexity index is 930. The molecule has 2 heterocycles. The number of nitrogens with zero attached hydrogens (tertiary/aromatic N) is 4. The van der Waals surface area contributed by atoms with Crippen LogP contribution < -0.4 is 5.73 Å². The number of nitrogens with two attached hydrogens (primary N) is 1. The topological polar surface area (TPSA) is 77.0 Å². The molecule has 1 aliphatic heterocycles. The molecule has 28 heavy (non-hydrogen) atoms. The summed E-state index contributed by atoms with van der Waals surface area (Å²) in [5.74, 6) is 0.577. The van der Waals surface area contributed by atoms with Gasteiger partial charge < -0.3 is 10.6 Å². The van der Waals surface area contributed by atoms with Crippen LogP contribution in [0, 0.1) is 0 Å². The van der Waals surface area contributed by atoms with E-state index in [1.807, 2.05) is 41.4 Å². The van der Waals surface area contributed by atoms with Crippen LogP contribution >= 0.6 is 0 Å². The molecule has 4 rings (SSSR count). The van der Waals surface area contributed by atoms with E-state index in [2.05, 4.69) is 28.5 Å². The lowest BCUT2D eigenvalue weighted by Crippen LogP contribution is -2.38. The molecule has 0 unspecified atom stereocenters. The van der Waals surface area contributed by atoms with E-state index in [9.17, 15) is 4.79 Å². The molecule has 0 aliphatic carbocycles. The molecule has 2 N–H and O–H groups in total. The summed E-state index contributed by atoms with van der Waals surface area (Å²) in [4.78, 5) is 15.0. The first-order chi connectivity index (χ1) is 13.7. The first-order valence-corrected chi connectivity index (χ1v) is 9.75. The second-order valence-electron chi connectivity index (χ2n) is 7.27. The summed E-state index contributed by atoms with van der Waals surface area (Å²) in [7, 11) is 0. The SMILES string of the molecule is NCc1ccccc1C1CCN(C(=O)c2cccc(Cn3ccnn3)c2)CC1. The molecule has 1 saturated heterocycles. The second-order valence-corrected chi connectivity index (χ2v) is 7.27. The van der Waals surface area contributed by atoms with Crippen LogP contribution in [-0.2, 0) is 13.1 Å². The fraction of sp³-hybridized carbons (Fsp3) is 0.318. The monoisotopic (exact) mass is 375 g/mol. The number of carbonyl (C=O) groups is 1. The number of amides is 1. The van der Waals surface area contributed by atoms with E-state index in [-0.39, 0.29) is 5.91 Å². The van der Waals surface area contributed by atoms with Crippen molar-refractivity contribution in [2.45, 2.75) is 31.8 Å². The Morgan fingerprint density at radius 1 is 1.11 bits per heavy atom. The van der Waals surface area contributed by atoms with E-state index in [0.717, 1.165) is 37.1 Å². The molecule has 6 nitrogen and oxygen atoms in total. The molecule has 1 aromatic heterocycles. The van der Waals surface area contributed by atoms with Gasteiger partial charge in [0, 0.05) is 31.4 Å². The molecule has 0 spiro atoms. The molecule has 3 aromatic rings. The lowest BCUT2D eigenvalue weighted by atomic mass is 9.86. The number of hydrogen-bond donors (Lipinski definition) is 1. The zero-order valence-corrected chi connectivity index (χ0v) is 15.9. The highest BCUT2D eigenvalue weighted by Gasteiger charge is 2.25. The largest absolute Gasteiger partial charge is 0.339 e. The molecule has 0 saturated carbocycles. The van der Waals surface area contributed by atoms with Gasteiger partial charge in [0.25, 0.3) is 5.91 Å². The highest BCUT2D eigenvalue weighted by Crippen LogP contribution is 2.30. The van der Waals surface area contributed by atoms with Crippen LogP contribution in [0.2, 0.25) is 0 Å². The van der Waals surface area contributed by atoms with Gasteiger partial charge in [0.05, 0.1) is 12.7 Å². The third kappa shape index (κ3) is 3.97. The van der Waals surface area contributed by atoms with Crippen LogP contribution in [0.25, 0.3) is 0 Å². The maximum absolute atomic E-state index is 13.0. The van der Waals surface area contributed by atoms with E-state index < -0.39 is 0 Å². The zero-order valence-electron chi connectivity index (χ0n) is 15.9. The van der Waals surface area contributed by atoms with Crippen LogP contribution in [-0.4, -0.2) is 38.9 Å². The molecule has 0 bridgehead atoms. The normalized spacial score (nSPS) is 15.0. The number of benzene rings is 2. The summed E-state index contributed by atoms with van der Waals surface area (Å²) < 4.78 is 1.75. The first kappa shape index (κ1) is 18.4. The molecule has 0 atom stereocenters. The summed E-state index contributed by atoms with van der Waals surface area (Å²) in [6, 6.07) is 16.2. The molecule has 144 valence electrons. The van der Waals surface area contributed by atoms with Crippen molar-refractivity contribution in [1.29, 1.82) is 0 Å². The quantitative estimate of drug-likeness (QED) is 0.744. The van der Waals surface area contributed by atoms with Crippen molar-refractivity contribution in [2.24, 2.45) is 5.73 Å². The van der Waals surface area contributed by atoms with Crippen LogP contribution in [0.5, 0.6) is 0 Å². The average molecular weight is 375 g/mol. The van der Waals surface area contributed by atoms with Crippen molar-refractivity contribution in [2.75, 3.05) is 13.1 Å². The summed E-state index contributed by atoms with van der Waals surface area (Å²) in [5, 5.41) is 7.81. The van der Waals surface area contributed by atoms with Gasteiger partial charge in [-0.3, -0.25) is 4.79 Å². The van der Waals surface area contributed by atoms with Gasteiger partial charge in [-0.15, -0.1) is 5.10 Å². The molecule has 6 heteroatoms. The maximum atomic E-state index is 13.0. The van der Waals surface area contributed by atoms with Gasteiger partial charge in [-0.1, -0.05) is 41.6 Å². The minimum atomic E-state index is 0.103. The van der Waals surface area contributed by atoms with Gasteiger partial charge >= 0.3 is 0 Å². The van der Waals surface area contributed by atoms with Crippen LogP contribution in [0.1, 0.15) is 45.8 Å². The Labute approximate surface area is 165 Å². The average Bonchev–Trinajstić information content (AvgIpc) is 3.26. The van der Waals surface area contributed by atoms with Crippen molar-refractivity contribution in [3.63, 3.8) is 0 Å². The number of carbonyl (C=O) groups excluding carboxylic acids is 1. The molecule has 2 aromatic carbocycles. The smallest absolute Gasteiger partial charge is 0.253 e. The second kappa shape index (κ2) is 8.35. The number of aromatic nitrogens is 3. The summed E-state index contributed by atoms with van der Waals surface area (Å²) in [6.07, 6.45) is 5.42. The molecule has 0 radical (unpaired) electrons. The van der Waals surface area contributed by atoms with Crippen molar-refractivity contribution in [3.05, 3.63) is 83.2 Å². The van der Waals surface area contributed by atoms with Gasteiger partial charge in [-0.2, -0.15) is 0 Å². The third-order valence-corrected chi connectivity index (χ3v) is 5.49. The minimum absolute atomic E-state index is 0.103. The molecule has 1 aliphatic rings. The van der Waals surface area contributed by atoms with Gasteiger partial charge in [-0.25, -0.2) is 4.68 Å². The fourth-order valence-electron chi connectivity index (χ4n) is 4.00. The van der Waals surface area contributed by atoms with Gasteiger partial charge in [-0.05, 0) is 47.6 Å². The van der Waals surface area contributed by atoms with Crippen molar-refractivity contribution in [3.8, 4) is 0 Å². The highest BCUT2D eigenvalue weighted by molar-refractivity contribution is 5.94. The maximum Gasteiger partial charge on any atom is 0.253 e. The lowest BCUT2D eigenvalue weighted by molar-refractivity contribution is 0.0712. The Balaban J connectivity index is 1.41. The predicted octanol–water partition coefficient (Wildman–Crippen LogP) is 2.80. The summed E-state index contributed by atoms with van der Waals surface area (Å²) in [6.45, 7) is 2.72. The Kier molecular flexibility index (Phi) is 5.48. The van der Waals surface area contributed by atoms with E-state index in [0.29, 0.717) is 19.0 Å².